The van der Waals surface area contributed by atoms with E-state index < -0.39 is 5.97 Å². The highest BCUT2D eigenvalue weighted by Crippen LogP contribution is 2.15. The Labute approximate surface area is 125 Å². The van der Waals surface area contributed by atoms with Gasteiger partial charge in [-0.3, -0.25) is 9.59 Å². The number of hydrogen-bond donors (Lipinski definition) is 1. The summed E-state index contributed by atoms with van der Waals surface area (Å²) in [5.74, 6) is -0.358. The lowest BCUT2D eigenvalue weighted by Crippen LogP contribution is -2.41. The van der Waals surface area contributed by atoms with E-state index in [-0.39, 0.29) is 18.5 Å². The fourth-order valence-electron chi connectivity index (χ4n) is 2.08. The molecule has 0 bridgehead atoms. The highest BCUT2D eigenvalue weighted by molar-refractivity contribution is 5.81. The number of carboxylic acids is 1. The molecule has 0 fully saturated rings. The molecule has 1 unspecified atom stereocenters. The monoisotopic (exact) mass is 293 g/mol. The summed E-state index contributed by atoms with van der Waals surface area (Å²) in [6.07, 6.45) is 1.60. The zero-order chi connectivity index (χ0) is 15.8. The predicted molar refractivity (Wildman–Crippen MR) is 80.4 cm³/mol. The first-order chi connectivity index (χ1) is 9.97. The number of aryl methyl sites for hydroxylation is 1. The smallest absolute Gasteiger partial charge is 0.323 e. The Balaban J connectivity index is 2.66. The van der Waals surface area contributed by atoms with E-state index in [0.29, 0.717) is 12.8 Å². The van der Waals surface area contributed by atoms with E-state index >= 15 is 0 Å². The number of carboxylic acid groups (broad SMARTS) is 1. The molecule has 116 valence electrons. The number of methoxy groups -OCH3 is 1. The van der Waals surface area contributed by atoms with Gasteiger partial charge < -0.3 is 14.7 Å². The summed E-state index contributed by atoms with van der Waals surface area (Å²) in [6.45, 7) is 3.56. The second-order valence-corrected chi connectivity index (χ2v) is 5.02. The van der Waals surface area contributed by atoms with Gasteiger partial charge in [-0.1, -0.05) is 19.1 Å². The van der Waals surface area contributed by atoms with E-state index in [1.807, 2.05) is 38.1 Å². The molecule has 0 aromatic heterocycles. The van der Waals surface area contributed by atoms with Gasteiger partial charge in [-0.15, -0.1) is 0 Å². The van der Waals surface area contributed by atoms with Gasteiger partial charge in [0, 0.05) is 12.5 Å². The second kappa shape index (κ2) is 8.29. The van der Waals surface area contributed by atoms with Gasteiger partial charge in [0.15, 0.2) is 0 Å². The largest absolute Gasteiger partial charge is 0.497 e. The van der Waals surface area contributed by atoms with E-state index in [1.165, 1.54) is 4.90 Å². The van der Waals surface area contributed by atoms with Gasteiger partial charge in [0.2, 0.25) is 5.91 Å². The van der Waals surface area contributed by atoms with Crippen LogP contribution in [0.4, 0.5) is 0 Å². The van der Waals surface area contributed by atoms with E-state index in [2.05, 4.69) is 0 Å². The molecule has 0 aliphatic carbocycles. The maximum absolute atomic E-state index is 12.2. The van der Waals surface area contributed by atoms with E-state index in [0.717, 1.165) is 17.7 Å². The minimum absolute atomic E-state index is 0.0705. The van der Waals surface area contributed by atoms with Crippen molar-refractivity contribution < 1.29 is 19.4 Å². The molecular weight excluding hydrogens is 270 g/mol. The number of aliphatic carboxylic acids is 1. The summed E-state index contributed by atoms with van der Waals surface area (Å²) in [5.41, 5.74) is 1.00. The summed E-state index contributed by atoms with van der Waals surface area (Å²) < 4.78 is 5.14. The number of rotatable bonds is 8. The van der Waals surface area contributed by atoms with Crippen LogP contribution in [0.15, 0.2) is 24.3 Å². The molecule has 1 aromatic rings. The summed E-state index contributed by atoms with van der Waals surface area (Å²) in [4.78, 5) is 24.6. The predicted octanol–water partition coefficient (Wildman–Crippen LogP) is 2.34. The summed E-state index contributed by atoms with van der Waals surface area (Å²) in [6, 6.07) is 7.47. The Bertz CT molecular complexity index is 487. The zero-order valence-corrected chi connectivity index (χ0v) is 12.8. The van der Waals surface area contributed by atoms with Crippen LogP contribution in [0.2, 0.25) is 0 Å². The molecule has 0 heterocycles. The first-order valence-corrected chi connectivity index (χ1v) is 7.12. The molecule has 1 N–H and O–H groups in total. The van der Waals surface area contributed by atoms with Gasteiger partial charge in [-0.05, 0) is 37.5 Å². The van der Waals surface area contributed by atoms with Crippen LogP contribution in [0.25, 0.3) is 0 Å². The van der Waals surface area contributed by atoms with Crippen molar-refractivity contribution in [3.8, 4) is 5.75 Å². The third-order valence-corrected chi connectivity index (χ3v) is 3.51. The Morgan fingerprint density at radius 3 is 2.67 bits per heavy atom. The fourth-order valence-corrected chi connectivity index (χ4v) is 2.08. The third kappa shape index (κ3) is 5.45. The van der Waals surface area contributed by atoms with Crippen molar-refractivity contribution in [2.75, 3.05) is 13.7 Å². The van der Waals surface area contributed by atoms with Crippen LogP contribution in [0.3, 0.4) is 0 Å². The second-order valence-electron chi connectivity index (χ2n) is 5.02. The van der Waals surface area contributed by atoms with Gasteiger partial charge in [-0.2, -0.15) is 0 Å². The van der Waals surface area contributed by atoms with Crippen molar-refractivity contribution in [3.63, 3.8) is 0 Å². The maximum Gasteiger partial charge on any atom is 0.323 e. The molecule has 5 nitrogen and oxygen atoms in total. The van der Waals surface area contributed by atoms with E-state index in [1.54, 1.807) is 7.11 Å². The topological polar surface area (TPSA) is 66.8 Å². The molecule has 1 aromatic carbocycles. The van der Waals surface area contributed by atoms with Crippen LogP contribution in [0, 0.1) is 0 Å². The van der Waals surface area contributed by atoms with Crippen molar-refractivity contribution in [2.45, 2.75) is 39.2 Å². The van der Waals surface area contributed by atoms with Crippen molar-refractivity contribution in [1.29, 1.82) is 0 Å². The van der Waals surface area contributed by atoms with Crippen LogP contribution in [0.5, 0.6) is 5.75 Å². The number of carbonyl (C=O) groups is 2. The Hall–Kier alpha value is -2.04. The maximum atomic E-state index is 12.2. The molecule has 1 amide bonds. The van der Waals surface area contributed by atoms with Gasteiger partial charge in [0.25, 0.3) is 0 Å². The average molecular weight is 293 g/mol. The molecule has 5 heteroatoms. The highest BCUT2D eigenvalue weighted by Gasteiger charge is 2.21. The molecule has 0 saturated carbocycles. The quantitative estimate of drug-likeness (QED) is 0.799. The lowest BCUT2D eigenvalue weighted by Gasteiger charge is -2.27. The number of hydrogen-bond acceptors (Lipinski definition) is 3. The van der Waals surface area contributed by atoms with Crippen LogP contribution >= 0.6 is 0 Å². The summed E-state index contributed by atoms with van der Waals surface area (Å²) >= 11 is 0. The van der Waals surface area contributed by atoms with Crippen molar-refractivity contribution in [3.05, 3.63) is 29.8 Å². The molecule has 0 aliphatic heterocycles. The average Bonchev–Trinajstić information content (AvgIpc) is 2.49. The molecule has 1 atom stereocenters. The Morgan fingerprint density at radius 2 is 2.10 bits per heavy atom. The van der Waals surface area contributed by atoms with Crippen LogP contribution in [-0.2, 0) is 16.0 Å². The zero-order valence-electron chi connectivity index (χ0n) is 12.8. The first-order valence-electron chi connectivity index (χ1n) is 7.12. The van der Waals surface area contributed by atoms with E-state index in [4.69, 9.17) is 9.84 Å². The van der Waals surface area contributed by atoms with Crippen LogP contribution in [0.1, 0.15) is 32.3 Å². The van der Waals surface area contributed by atoms with Crippen molar-refractivity contribution in [2.24, 2.45) is 0 Å². The summed E-state index contributed by atoms with van der Waals surface area (Å²) in [7, 11) is 1.60. The normalized spacial score (nSPS) is 11.8. The molecule has 21 heavy (non-hydrogen) atoms. The number of amides is 1. The van der Waals surface area contributed by atoms with Crippen molar-refractivity contribution in [1.82, 2.24) is 4.90 Å². The summed E-state index contributed by atoms with van der Waals surface area (Å²) in [5, 5.41) is 8.92. The lowest BCUT2D eigenvalue weighted by molar-refractivity contribution is -0.146. The minimum atomic E-state index is -0.981. The Kier molecular flexibility index (Phi) is 6.72. The molecule has 0 spiro atoms. The first kappa shape index (κ1) is 17.0. The van der Waals surface area contributed by atoms with Gasteiger partial charge >= 0.3 is 5.97 Å². The van der Waals surface area contributed by atoms with Crippen LogP contribution < -0.4 is 4.74 Å². The Morgan fingerprint density at radius 1 is 1.38 bits per heavy atom. The molecule has 0 radical (unpaired) electrons. The standard InChI is InChI=1S/C16H23NO4/c1-4-12(2)17(11-16(19)20)15(18)9-8-13-6-5-7-14(10-13)21-3/h5-7,10,12H,4,8-9,11H2,1-3H3,(H,19,20). The minimum Gasteiger partial charge on any atom is -0.497 e. The number of carbonyl (C=O) groups excluding carboxylic acids is 1. The van der Waals surface area contributed by atoms with Gasteiger partial charge in [0.05, 0.1) is 7.11 Å². The van der Waals surface area contributed by atoms with E-state index in [9.17, 15) is 9.59 Å². The number of nitrogens with zero attached hydrogens (tertiary/aromatic N) is 1. The van der Waals surface area contributed by atoms with Crippen molar-refractivity contribution >= 4 is 11.9 Å². The molecule has 1 rings (SSSR count). The van der Waals surface area contributed by atoms with Gasteiger partial charge in [0.1, 0.15) is 12.3 Å². The van der Waals surface area contributed by atoms with Crippen LogP contribution in [-0.4, -0.2) is 41.6 Å². The molecule has 0 saturated heterocycles. The highest BCUT2D eigenvalue weighted by atomic mass is 16.5. The fraction of sp³-hybridized carbons (Fsp3) is 0.500. The molecule has 0 aliphatic rings. The number of benzene rings is 1. The SMILES string of the molecule is CCC(C)N(CC(=O)O)C(=O)CCc1cccc(OC)c1. The van der Waals surface area contributed by atoms with Gasteiger partial charge in [-0.25, -0.2) is 0 Å². The third-order valence-electron chi connectivity index (χ3n) is 3.51. The number of ether oxygens (including phenoxy) is 1. The molecular formula is C16H23NO4. The lowest BCUT2D eigenvalue weighted by atomic mass is 10.1.